The third kappa shape index (κ3) is 3.97. The van der Waals surface area contributed by atoms with Crippen molar-refractivity contribution in [3.05, 3.63) is 116 Å². The molecule has 4 aromatic rings. The Bertz CT molecular complexity index is 1940. The SMILES string of the molecule is C=C1CCc2c(ccc(C3=CN=C(C4C5CC5c5cc(-c6cc(Cl)ccc6-n6cc(Cl)nn6)cc(=O)n54)C3)c2F)C1. The number of rotatable bonds is 4. The first-order chi connectivity index (χ1) is 19.9. The zero-order valence-corrected chi connectivity index (χ0v) is 23.5. The summed E-state index contributed by atoms with van der Waals surface area (Å²) in [6.45, 7) is 4.08. The van der Waals surface area contributed by atoms with Crippen molar-refractivity contribution in [1.29, 1.82) is 0 Å². The number of aliphatic imine (C=N–C) groups is 1. The van der Waals surface area contributed by atoms with Crippen molar-refractivity contribution >= 4 is 34.5 Å². The van der Waals surface area contributed by atoms with Gasteiger partial charge in [-0.05, 0) is 78.1 Å². The predicted octanol–water partition coefficient (Wildman–Crippen LogP) is 7.13. The lowest BCUT2D eigenvalue weighted by molar-refractivity contribution is 0.583. The number of fused-ring (bicyclic) bond motifs is 4. The largest absolute Gasteiger partial charge is 0.303 e. The number of nitrogens with zero attached hydrogens (tertiary/aromatic N) is 5. The fraction of sp³-hybridized carbons (Fsp3) is 0.250. The summed E-state index contributed by atoms with van der Waals surface area (Å²) in [7, 11) is 0. The van der Waals surface area contributed by atoms with Crippen LogP contribution in [0.1, 0.15) is 53.6 Å². The summed E-state index contributed by atoms with van der Waals surface area (Å²) in [6.07, 6.45) is 7.19. The second-order valence-electron chi connectivity index (χ2n) is 11.4. The number of pyridine rings is 1. The molecule has 0 spiro atoms. The molecule has 2 aromatic carbocycles. The number of benzene rings is 2. The molecule has 8 rings (SSSR count). The molecule has 0 saturated heterocycles. The molecule has 0 N–H and O–H groups in total. The molecule has 4 heterocycles. The first kappa shape index (κ1) is 24.9. The molecule has 1 fully saturated rings. The van der Waals surface area contributed by atoms with Gasteiger partial charge in [0, 0.05) is 52.2 Å². The normalized spacial score (nSPS) is 22.2. The third-order valence-corrected chi connectivity index (χ3v) is 9.35. The zero-order chi connectivity index (χ0) is 28.0. The van der Waals surface area contributed by atoms with Gasteiger partial charge in [-0.1, -0.05) is 52.7 Å². The summed E-state index contributed by atoms with van der Waals surface area (Å²) >= 11 is 12.4. The zero-order valence-electron chi connectivity index (χ0n) is 21.9. The lowest BCUT2D eigenvalue weighted by Crippen LogP contribution is -2.29. The van der Waals surface area contributed by atoms with Gasteiger partial charge in [0.15, 0.2) is 5.15 Å². The molecule has 204 valence electrons. The smallest absolute Gasteiger partial charge is 0.251 e. The molecular formula is C32H24Cl2FN5O. The summed E-state index contributed by atoms with van der Waals surface area (Å²) in [5.74, 6) is 0.467. The van der Waals surface area contributed by atoms with E-state index in [2.05, 4.69) is 23.0 Å². The molecule has 2 aliphatic carbocycles. The molecule has 3 unspecified atom stereocenters. The average Bonchev–Trinajstić information content (AvgIpc) is 3.24. The van der Waals surface area contributed by atoms with Crippen LogP contribution in [0.5, 0.6) is 0 Å². The maximum absolute atomic E-state index is 15.6. The number of halogens is 3. The van der Waals surface area contributed by atoms with Crippen LogP contribution in [0, 0.1) is 11.7 Å². The van der Waals surface area contributed by atoms with E-state index in [-0.39, 0.29) is 28.5 Å². The average molecular weight is 584 g/mol. The van der Waals surface area contributed by atoms with Crippen LogP contribution in [-0.2, 0) is 12.8 Å². The summed E-state index contributed by atoms with van der Waals surface area (Å²) in [6, 6.07) is 13.0. The molecule has 2 aliphatic heterocycles. The van der Waals surface area contributed by atoms with Crippen LogP contribution in [0.15, 0.2) is 76.8 Å². The van der Waals surface area contributed by atoms with Crippen LogP contribution in [0.25, 0.3) is 22.4 Å². The van der Waals surface area contributed by atoms with Gasteiger partial charge < -0.3 is 4.57 Å². The van der Waals surface area contributed by atoms with Gasteiger partial charge in [-0.25, -0.2) is 9.07 Å². The van der Waals surface area contributed by atoms with Gasteiger partial charge >= 0.3 is 0 Å². The van der Waals surface area contributed by atoms with E-state index in [0.717, 1.165) is 69.8 Å². The van der Waals surface area contributed by atoms with Crippen LogP contribution in [-0.4, -0.2) is 25.3 Å². The molecule has 0 bridgehead atoms. The van der Waals surface area contributed by atoms with Gasteiger partial charge in [0.2, 0.25) is 0 Å². The number of hydrogen-bond donors (Lipinski definition) is 0. The molecule has 4 aliphatic rings. The Balaban J connectivity index is 1.12. The highest BCUT2D eigenvalue weighted by molar-refractivity contribution is 6.31. The van der Waals surface area contributed by atoms with E-state index in [9.17, 15) is 4.79 Å². The van der Waals surface area contributed by atoms with Crippen LogP contribution in [0.4, 0.5) is 4.39 Å². The minimum Gasteiger partial charge on any atom is -0.303 e. The second kappa shape index (κ2) is 9.10. The molecule has 0 amide bonds. The Labute approximate surface area is 245 Å². The fourth-order valence-electron chi connectivity index (χ4n) is 6.93. The van der Waals surface area contributed by atoms with E-state index < -0.39 is 0 Å². The lowest BCUT2D eigenvalue weighted by Gasteiger charge is -2.21. The first-order valence-electron chi connectivity index (χ1n) is 13.7. The molecule has 0 radical (unpaired) electrons. The Hall–Kier alpha value is -3.81. The van der Waals surface area contributed by atoms with Gasteiger partial charge in [-0.2, -0.15) is 0 Å². The van der Waals surface area contributed by atoms with Crippen molar-refractivity contribution < 1.29 is 4.39 Å². The molecular weight excluding hydrogens is 560 g/mol. The van der Waals surface area contributed by atoms with E-state index in [1.54, 1.807) is 29.2 Å². The van der Waals surface area contributed by atoms with Crippen molar-refractivity contribution in [1.82, 2.24) is 19.6 Å². The van der Waals surface area contributed by atoms with Crippen LogP contribution < -0.4 is 5.56 Å². The quantitative estimate of drug-likeness (QED) is 0.240. The Morgan fingerprint density at radius 3 is 2.73 bits per heavy atom. The molecule has 6 nitrogen and oxygen atoms in total. The van der Waals surface area contributed by atoms with Crippen molar-refractivity contribution in [2.45, 2.75) is 44.1 Å². The molecule has 3 atom stereocenters. The van der Waals surface area contributed by atoms with Crippen LogP contribution >= 0.6 is 23.2 Å². The minimum absolute atomic E-state index is 0.0893. The monoisotopic (exact) mass is 583 g/mol. The number of aromatic nitrogens is 4. The number of hydrogen-bond acceptors (Lipinski definition) is 4. The fourth-order valence-corrected chi connectivity index (χ4v) is 7.23. The van der Waals surface area contributed by atoms with E-state index in [1.807, 2.05) is 28.8 Å². The van der Waals surface area contributed by atoms with E-state index in [0.29, 0.717) is 29.3 Å². The predicted molar refractivity (Wildman–Crippen MR) is 159 cm³/mol. The Morgan fingerprint density at radius 1 is 1.02 bits per heavy atom. The molecule has 1 saturated carbocycles. The van der Waals surface area contributed by atoms with Gasteiger partial charge in [0.05, 0.1) is 17.9 Å². The molecule has 41 heavy (non-hydrogen) atoms. The summed E-state index contributed by atoms with van der Waals surface area (Å²) in [5, 5.41) is 8.82. The van der Waals surface area contributed by atoms with Crippen LogP contribution in [0.3, 0.4) is 0 Å². The minimum atomic E-state index is -0.137. The van der Waals surface area contributed by atoms with E-state index >= 15 is 4.39 Å². The Kier molecular flexibility index (Phi) is 5.53. The van der Waals surface area contributed by atoms with E-state index in [1.165, 1.54) is 0 Å². The maximum atomic E-state index is 15.6. The summed E-state index contributed by atoms with van der Waals surface area (Å²) in [4.78, 5) is 18.5. The van der Waals surface area contributed by atoms with Gasteiger partial charge in [0.25, 0.3) is 5.56 Å². The maximum Gasteiger partial charge on any atom is 0.251 e. The number of allylic oxidation sites excluding steroid dienone is 2. The van der Waals surface area contributed by atoms with E-state index in [4.69, 9.17) is 28.2 Å². The highest BCUT2D eigenvalue weighted by Gasteiger charge is 2.54. The summed E-state index contributed by atoms with van der Waals surface area (Å²) in [5.41, 5.74) is 8.57. The second-order valence-corrected chi connectivity index (χ2v) is 12.2. The van der Waals surface area contributed by atoms with Crippen molar-refractivity contribution in [3.63, 3.8) is 0 Å². The Morgan fingerprint density at radius 2 is 1.90 bits per heavy atom. The van der Waals surface area contributed by atoms with Crippen molar-refractivity contribution in [3.8, 4) is 16.8 Å². The topological polar surface area (TPSA) is 65.1 Å². The lowest BCUT2D eigenvalue weighted by atomic mass is 9.85. The standard InChI is InChI=1S/C32H24Cl2FN5O/c1-16-2-5-21-17(8-16)3-6-22(31(21)35)19-9-26(36-14-19)32-25-13-24(25)28-10-18(11-30(41)40(28)32)23-12-20(33)4-7-27(23)39-15-29(34)37-38-39/h3-4,6-7,10-12,14-15,24-25,32H,1-2,5,8-9,13H2. The summed E-state index contributed by atoms with van der Waals surface area (Å²) < 4.78 is 19.1. The van der Waals surface area contributed by atoms with Gasteiger partial charge in [-0.3, -0.25) is 9.79 Å². The third-order valence-electron chi connectivity index (χ3n) is 8.94. The molecule has 9 heteroatoms. The van der Waals surface area contributed by atoms with Gasteiger partial charge in [0.1, 0.15) is 5.82 Å². The van der Waals surface area contributed by atoms with Gasteiger partial charge in [-0.15, -0.1) is 5.10 Å². The highest BCUT2D eigenvalue weighted by atomic mass is 35.5. The highest BCUT2D eigenvalue weighted by Crippen LogP contribution is 2.60. The van der Waals surface area contributed by atoms with Crippen molar-refractivity contribution in [2.24, 2.45) is 10.9 Å². The first-order valence-corrected chi connectivity index (χ1v) is 14.5. The van der Waals surface area contributed by atoms with Crippen LogP contribution in [0.2, 0.25) is 10.2 Å². The van der Waals surface area contributed by atoms with Crippen molar-refractivity contribution in [2.75, 3.05) is 0 Å². The molecule has 2 aromatic heterocycles.